The lowest BCUT2D eigenvalue weighted by atomic mass is 10.1. The van der Waals surface area contributed by atoms with Crippen LogP contribution in [0.1, 0.15) is 26.3 Å². The zero-order chi connectivity index (χ0) is 22.1. The molecular weight excluding hydrogens is 380 g/mol. The third-order valence-electron chi connectivity index (χ3n) is 4.19. The van der Waals surface area contributed by atoms with Gasteiger partial charge in [-0.05, 0) is 32.8 Å². The number of carbonyl (C=O) groups excluding carboxylic acids is 3. The zero-order valence-corrected chi connectivity index (χ0v) is 16.6. The Bertz CT molecular complexity index is 725. The first-order valence-electron chi connectivity index (χ1n) is 9.14. The number of nitrogens with two attached hydrogens (primary N) is 1. The van der Waals surface area contributed by atoms with Crippen molar-refractivity contribution in [3.05, 3.63) is 35.9 Å². The molecule has 1 aromatic rings. The van der Waals surface area contributed by atoms with E-state index in [1.165, 1.54) is 20.8 Å². The molecular formula is C19H28N4O6. The van der Waals surface area contributed by atoms with Crippen LogP contribution in [0.2, 0.25) is 0 Å². The SMILES string of the molecule is CC(NC(=O)C(N)Cc1ccccc1)C(=O)NC(C)C(=O)NC(C(=O)O)C(C)O. The van der Waals surface area contributed by atoms with Gasteiger partial charge in [-0.25, -0.2) is 4.79 Å². The highest BCUT2D eigenvalue weighted by Crippen LogP contribution is 2.02. The van der Waals surface area contributed by atoms with E-state index in [0.717, 1.165) is 5.56 Å². The molecule has 0 saturated heterocycles. The number of carbonyl (C=O) groups is 4. The van der Waals surface area contributed by atoms with E-state index in [0.29, 0.717) is 6.42 Å². The van der Waals surface area contributed by atoms with E-state index in [2.05, 4.69) is 16.0 Å². The van der Waals surface area contributed by atoms with E-state index in [1.807, 2.05) is 30.3 Å². The Morgan fingerprint density at radius 1 is 0.897 bits per heavy atom. The van der Waals surface area contributed by atoms with Gasteiger partial charge >= 0.3 is 5.97 Å². The number of aliphatic carboxylic acids is 1. The van der Waals surface area contributed by atoms with Crippen LogP contribution < -0.4 is 21.7 Å². The molecule has 0 heterocycles. The van der Waals surface area contributed by atoms with Crippen LogP contribution in [0.15, 0.2) is 30.3 Å². The lowest BCUT2D eigenvalue weighted by Crippen LogP contribution is -2.57. The lowest BCUT2D eigenvalue weighted by molar-refractivity contribution is -0.145. The second-order valence-corrected chi connectivity index (χ2v) is 6.82. The van der Waals surface area contributed by atoms with Crippen molar-refractivity contribution in [2.75, 3.05) is 0 Å². The number of aliphatic hydroxyl groups is 1. The van der Waals surface area contributed by atoms with E-state index >= 15 is 0 Å². The Morgan fingerprint density at radius 3 is 1.86 bits per heavy atom. The smallest absolute Gasteiger partial charge is 0.328 e. The van der Waals surface area contributed by atoms with Crippen molar-refractivity contribution in [3.8, 4) is 0 Å². The molecule has 160 valence electrons. The minimum Gasteiger partial charge on any atom is -0.480 e. The standard InChI is InChI=1S/C19H28N4O6/c1-10(22-18(27)14(20)9-13-7-5-4-6-8-13)16(25)21-11(2)17(26)23-15(12(3)24)19(28)29/h4-8,10-12,14-15,24H,9,20H2,1-3H3,(H,21,25)(H,22,27)(H,23,26)(H,28,29). The predicted molar refractivity (Wildman–Crippen MR) is 105 cm³/mol. The molecule has 7 N–H and O–H groups in total. The first-order valence-corrected chi connectivity index (χ1v) is 9.14. The first-order chi connectivity index (χ1) is 13.5. The highest BCUT2D eigenvalue weighted by atomic mass is 16.4. The number of carboxylic acids is 1. The van der Waals surface area contributed by atoms with Crippen molar-refractivity contribution < 1.29 is 29.4 Å². The van der Waals surface area contributed by atoms with Crippen LogP contribution in [0.4, 0.5) is 0 Å². The summed E-state index contributed by atoms with van der Waals surface area (Å²) >= 11 is 0. The minimum atomic E-state index is -1.50. The highest BCUT2D eigenvalue weighted by molar-refractivity contribution is 5.93. The van der Waals surface area contributed by atoms with Gasteiger partial charge in [-0.15, -0.1) is 0 Å². The van der Waals surface area contributed by atoms with Gasteiger partial charge < -0.3 is 31.9 Å². The summed E-state index contributed by atoms with van der Waals surface area (Å²) in [5, 5.41) is 25.4. The number of benzene rings is 1. The van der Waals surface area contributed by atoms with Crippen molar-refractivity contribution in [1.29, 1.82) is 0 Å². The van der Waals surface area contributed by atoms with E-state index in [9.17, 15) is 24.3 Å². The second-order valence-electron chi connectivity index (χ2n) is 6.82. The van der Waals surface area contributed by atoms with Gasteiger partial charge in [0.1, 0.15) is 12.1 Å². The maximum atomic E-state index is 12.2. The van der Waals surface area contributed by atoms with Crippen molar-refractivity contribution in [2.24, 2.45) is 5.73 Å². The van der Waals surface area contributed by atoms with Crippen LogP contribution in [-0.2, 0) is 25.6 Å². The number of amides is 3. The monoisotopic (exact) mass is 408 g/mol. The molecule has 0 aliphatic heterocycles. The number of hydrogen-bond donors (Lipinski definition) is 6. The molecule has 1 rings (SSSR count). The fourth-order valence-electron chi connectivity index (χ4n) is 2.42. The van der Waals surface area contributed by atoms with Crippen LogP contribution in [0.3, 0.4) is 0 Å². The minimum absolute atomic E-state index is 0.301. The molecule has 3 amide bonds. The Hall–Kier alpha value is -2.98. The summed E-state index contributed by atoms with van der Waals surface area (Å²) in [7, 11) is 0. The number of carboxylic acid groups (broad SMARTS) is 1. The maximum absolute atomic E-state index is 12.2. The zero-order valence-electron chi connectivity index (χ0n) is 16.6. The number of rotatable bonds is 10. The number of hydrogen-bond acceptors (Lipinski definition) is 6. The van der Waals surface area contributed by atoms with Crippen molar-refractivity contribution >= 4 is 23.7 Å². The molecule has 0 bridgehead atoms. The highest BCUT2D eigenvalue weighted by Gasteiger charge is 2.28. The quantitative estimate of drug-likeness (QED) is 0.274. The van der Waals surface area contributed by atoms with Crippen molar-refractivity contribution in [2.45, 2.75) is 57.5 Å². The molecule has 5 unspecified atom stereocenters. The summed E-state index contributed by atoms with van der Waals surface area (Å²) in [5.74, 6) is -3.35. The topological polar surface area (TPSA) is 171 Å². The summed E-state index contributed by atoms with van der Waals surface area (Å²) in [5.41, 5.74) is 6.75. The van der Waals surface area contributed by atoms with Gasteiger partial charge in [-0.3, -0.25) is 14.4 Å². The van der Waals surface area contributed by atoms with Gasteiger partial charge in [0.25, 0.3) is 0 Å². The van der Waals surface area contributed by atoms with Crippen molar-refractivity contribution in [3.63, 3.8) is 0 Å². The molecule has 0 aromatic heterocycles. The molecule has 0 saturated carbocycles. The van der Waals surface area contributed by atoms with E-state index in [4.69, 9.17) is 10.8 Å². The summed E-state index contributed by atoms with van der Waals surface area (Å²) in [6, 6.07) is 4.77. The third kappa shape index (κ3) is 7.88. The average molecular weight is 408 g/mol. The Balaban J connectivity index is 2.54. The number of aliphatic hydroxyl groups excluding tert-OH is 1. The van der Waals surface area contributed by atoms with Gasteiger partial charge in [0.15, 0.2) is 6.04 Å². The molecule has 0 aliphatic rings. The summed E-state index contributed by atoms with van der Waals surface area (Å²) in [6.07, 6.45) is -1.01. The first kappa shape index (κ1) is 24.1. The summed E-state index contributed by atoms with van der Waals surface area (Å²) in [4.78, 5) is 47.5. The summed E-state index contributed by atoms with van der Waals surface area (Å²) in [6.45, 7) is 4.01. The molecule has 5 atom stereocenters. The third-order valence-corrected chi connectivity index (χ3v) is 4.19. The number of nitrogens with one attached hydrogen (secondary N) is 3. The van der Waals surface area contributed by atoms with Crippen molar-refractivity contribution in [1.82, 2.24) is 16.0 Å². The maximum Gasteiger partial charge on any atom is 0.328 e. The van der Waals surface area contributed by atoms with Crippen LogP contribution in [0, 0.1) is 0 Å². The fourth-order valence-corrected chi connectivity index (χ4v) is 2.42. The fraction of sp³-hybridized carbons (Fsp3) is 0.474. The van der Waals surface area contributed by atoms with E-state index in [1.54, 1.807) is 0 Å². The molecule has 10 nitrogen and oxygen atoms in total. The van der Waals surface area contributed by atoms with Gasteiger partial charge in [0.05, 0.1) is 12.1 Å². The lowest BCUT2D eigenvalue weighted by Gasteiger charge is -2.22. The molecule has 0 radical (unpaired) electrons. The normalized spacial score (nSPS) is 15.9. The molecule has 0 spiro atoms. The average Bonchev–Trinajstić information content (AvgIpc) is 2.65. The molecule has 0 fully saturated rings. The molecule has 10 heteroatoms. The van der Waals surface area contributed by atoms with Gasteiger partial charge in [-0.2, -0.15) is 0 Å². The largest absolute Gasteiger partial charge is 0.480 e. The molecule has 1 aromatic carbocycles. The molecule has 29 heavy (non-hydrogen) atoms. The van der Waals surface area contributed by atoms with E-state index < -0.39 is 54.0 Å². The van der Waals surface area contributed by atoms with Crippen LogP contribution in [-0.4, -0.2) is 64.2 Å². The van der Waals surface area contributed by atoms with Gasteiger partial charge in [-0.1, -0.05) is 30.3 Å². The van der Waals surface area contributed by atoms with Crippen LogP contribution in [0.25, 0.3) is 0 Å². The van der Waals surface area contributed by atoms with Crippen LogP contribution in [0.5, 0.6) is 0 Å². The Labute approximate surface area is 168 Å². The van der Waals surface area contributed by atoms with Gasteiger partial charge in [0, 0.05) is 0 Å². The van der Waals surface area contributed by atoms with Crippen LogP contribution >= 0.6 is 0 Å². The predicted octanol–water partition coefficient (Wildman–Crippen LogP) is -1.48. The Morgan fingerprint density at radius 2 is 1.38 bits per heavy atom. The molecule has 0 aliphatic carbocycles. The van der Waals surface area contributed by atoms with E-state index in [-0.39, 0.29) is 0 Å². The summed E-state index contributed by atoms with van der Waals surface area (Å²) < 4.78 is 0. The Kier molecular flexibility index (Phi) is 9.23. The van der Waals surface area contributed by atoms with Gasteiger partial charge in [0.2, 0.25) is 17.7 Å². The second kappa shape index (κ2) is 11.1.